The molecule has 0 N–H and O–H groups in total. The number of esters is 1. The van der Waals surface area contributed by atoms with Gasteiger partial charge in [0, 0.05) is 10.6 Å². The first kappa shape index (κ1) is 12.6. The first-order chi connectivity index (χ1) is 8.27. The van der Waals surface area contributed by atoms with Gasteiger partial charge in [-0.05, 0) is 25.3 Å². The van der Waals surface area contributed by atoms with Crippen molar-refractivity contribution in [1.82, 2.24) is 0 Å². The van der Waals surface area contributed by atoms with E-state index in [0.29, 0.717) is 24.5 Å². The molecule has 0 amide bonds. The highest BCUT2D eigenvalue weighted by Gasteiger charge is 2.23. The summed E-state index contributed by atoms with van der Waals surface area (Å²) in [5, 5.41) is 0. The van der Waals surface area contributed by atoms with E-state index in [2.05, 4.69) is 0 Å². The smallest absolute Gasteiger partial charge is 0.341 e. The Kier molecular flexibility index (Phi) is 4.23. The van der Waals surface area contributed by atoms with E-state index in [1.807, 2.05) is 12.3 Å². The predicted octanol–water partition coefficient (Wildman–Crippen LogP) is 3.07. The van der Waals surface area contributed by atoms with Crippen LogP contribution in [-0.2, 0) is 4.74 Å². The number of thioether (sulfide) groups is 2. The first-order valence-corrected chi connectivity index (χ1v) is 7.62. The summed E-state index contributed by atoms with van der Waals surface area (Å²) >= 11 is 3.40. The van der Waals surface area contributed by atoms with Crippen LogP contribution in [0.1, 0.15) is 17.3 Å². The minimum atomic E-state index is -0.307. The summed E-state index contributed by atoms with van der Waals surface area (Å²) in [5.41, 5.74) is 0.534. The van der Waals surface area contributed by atoms with Crippen LogP contribution in [0.2, 0.25) is 0 Å². The second kappa shape index (κ2) is 5.69. The molecular weight excluding hydrogens is 256 g/mol. The Morgan fingerprint density at radius 1 is 1.59 bits per heavy atom. The first-order valence-electron chi connectivity index (χ1n) is 5.41. The van der Waals surface area contributed by atoms with Crippen LogP contribution < -0.4 is 4.74 Å². The number of fused-ring (bicyclic) bond motifs is 1. The largest absolute Gasteiger partial charge is 0.491 e. The molecule has 92 valence electrons. The number of carbonyl (C=O) groups is 1. The maximum atomic E-state index is 11.8. The molecule has 0 atom stereocenters. The van der Waals surface area contributed by atoms with Crippen LogP contribution in [0.3, 0.4) is 0 Å². The third kappa shape index (κ3) is 2.55. The molecule has 0 unspecified atom stereocenters. The van der Waals surface area contributed by atoms with Gasteiger partial charge in [0.1, 0.15) is 11.3 Å². The van der Waals surface area contributed by atoms with Crippen molar-refractivity contribution >= 4 is 29.5 Å². The van der Waals surface area contributed by atoms with E-state index >= 15 is 0 Å². The molecule has 1 aromatic carbocycles. The molecule has 17 heavy (non-hydrogen) atoms. The highest BCUT2D eigenvalue weighted by molar-refractivity contribution is 8.02. The van der Waals surface area contributed by atoms with E-state index in [9.17, 15) is 4.79 Å². The third-order valence-electron chi connectivity index (χ3n) is 2.37. The second-order valence-electron chi connectivity index (χ2n) is 3.39. The van der Waals surface area contributed by atoms with Gasteiger partial charge in [-0.15, -0.1) is 23.5 Å². The van der Waals surface area contributed by atoms with Crippen molar-refractivity contribution in [2.24, 2.45) is 0 Å². The number of benzene rings is 1. The van der Waals surface area contributed by atoms with Gasteiger partial charge in [-0.1, -0.05) is 0 Å². The van der Waals surface area contributed by atoms with Crippen LogP contribution in [0.5, 0.6) is 5.75 Å². The molecule has 0 saturated heterocycles. The van der Waals surface area contributed by atoms with E-state index in [4.69, 9.17) is 9.47 Å². The van der Waals surface area contributed by atoms with Gasteiger partial charge in [-0.3, -0.25) is 0 Å². The predicted molar refractivity (Wildman–Crippen MR) is 70.4 cm³/mol. The molecule has 0 saturated carbocycles. The summed E-state index contributed by atoms with van der Waals surface area (Å²) < 4.78 is 10.7. The Labute approximate surface area is 109 Å². The molecule has 3 nitrogen and oxygen atoms in total. The Balaban J connectivity index is 2.43. The molecule has 5 heteroatoms. The van der Waals surface area contributed by atoms with E-state index in [1.54, 1.807) is 36.5 Å². The average molecular weight is 270 g/mol. The second-order valence-corrected chi connectivity index (χ2v) is 5.34. The molecule has 0 spiro atoms. The number of hydrogen-bond donors (Lipinski definition) is 0. The maximum absolute atomic E-state index is 11.8. The van der Waals surface area contributed by atoms with E-state index in [0.717, 1.165) is 15.5 Å². The molecular formula is C12H14O3S2. The summed E-state index contributed by atoms with van der Waals surface area (Å²) in [5.74, 6) is 1.30. The van der Waals surface area contributed by atoms with Crippen LogP contribution in [0.25, 0.3) is 0 Å². The van der Waals surface area contributed by atoms with Gasteiger partial charge in [0.15, 0.2) is 0 Å². The molecule has 0 aromatic heterocycles. The van der Waals surface area contributed by atoms with E-state index in [-0.39, 0.29) is 5.97 Å². The fraction of sp³-hybridized carbons (Fsp3) is 0.417. The van der Waals surface area contributed by atoms with Crippen molar-refractivity contribution in [2.45, 2.75) is 16.7 Å². The molecule has 1 aliphatic heterocycles. The fourth-order valence-electron chi connectivity index (χ4n) is 1.64. The summed E-state index contributed by atoms with van der Waals surface area (Å²) in [4.78, 5) is 14.0. The van der Waals surface area contributed by atoms with E-state index < -0.39 is 0 Å². The maximum Gasteiger partial charge on any atom is 0.341 e. The summed E-state index contributed by atoms with van der Waals surface area (Å²) in [6.45, 7) is 2.82. The lowest BCUT2D eigenvalue weighted by molar-refractivity contribution is 0.0521. The van der Waals surface area contributed by atoms with Gasteiger partial charge >= 0.3 is 5.97 Å². The lowest BCUT2D eigenvalue weighted by Crippen LogP contribution is -2.13. The van der Waals surface area contributed by atoms with Crippen molar-refractivity contribution in [3.05, 3.63) is 17.7 Å². The van der Waals surface area contributed by atoms with Crippen LogP contribution in [-0.4, -0.2) is 31.2 Å². The number of hydrogen-bond acceptors (Lipinski definition) is 5. The number of rotatable bonds is 3. The zero-order valence-corrected chi connectivity index (χ0v) is 11.5. The molecule has 2 rings (SSSR count). The van der Waals surface area contributed by atoms with Gasteiger partial charge in [0.2, 0.25) is 0 Å². The Morgan fingerprint density at radius 2 is 2.41 bits per heavy atom. The Bertz CT molecular complexity index is 432. The van der Waals surface area contributed by atoms with E-state index in [1.165, 1.54) is 0 Å². The van der Waals surface area contributed by atoms with Crippen molar-refractivity contribution < 1.29 is 14.3 Å². The normalized spacial score (nSPS) is 13.8. The lowest BCUT2D eigenvalue weighted by atomic mass is 10.2. The van der Waals surface area contributed by atoms with Crippen molar-refractivity contribution in [3.8, 4) is 5.75 Å². The zero-order valence-electron chi connectivity index (χ0n) is 9.82. The molecule has 0 bridgehead atoms. The molecule has 1 aliphatic rings. The van der Waals surface area contributed by atoms with Gasteiger partial charge in [0.25, 0.3) is 0 Å². The highest BCUT2D eigenvalue weighted by Crippen LogP contribution is 2.42. The molecule has 0 radical (unpaired) electrons. The summed E-state index contributed by atoms with van der Waals surface area (Å²) in [6.07, 6.45) is 2.02. The molecule has 0 fully saturated rings. The van der Waals surface area contributed by atoms with Crippen LogP contribution in [0, 0.1) is 0 Å². The molecule has 1 heterocycles. The van der Waals surface area contributed by atoms with Crippen LogP contribution >= 0.6 is 23.5 Å². The average Bonchev–Trinajstić information content (AvgIpc) is 2.37. The molecule has 0 aliphatic carbocycles. The van der Waals surface area contributed by atoms with Gasteiger partial charge in [-0.25, -0.2) is 4.79 Å². The summed E-state index contributed by atoms with van der Waals surface area (Å²) in [6, 6.07) is 3.74. The monoisotopic (exact) mass is 270 g/mol. The number of ether oxygens (including phenoxy) is 2. The SMILES string of the molecule is CCOC(=O)c1ccc(SC)c2c1OCCS2. The van der Waals surface area contributed by atoms with Crippen molar-refractivity contribution in [2.75, 3.05) is 25.2 Å². The van der Waals surface area contributed by atoms with Gasteiger partial charge in [-0.2, -0.15) is 0 Å². The standard InChI is InChI=1S/C12H14O3S2/c1-3-14-12(13)8-4-5-9(16-2)11-10(8)15-6-7-17-11/h4-5H,3,6-7H2,1-2H3. The zero-order chi connectivity index (χ0) is 12.3. The fourth-order valence-corrected chi connectivity index (χ4v) is 3.43. The minimum Gasteiger partial charge on any atom is -0.491 e. The summed E-state index contributed by atoms with van der Waals surface area (Å²) in [7, 11) is 0. The molecule has 1 aromatic rings. The third-order valence-corrected chi connectivity index (χ3v) is 4.34. The Morgan fingerprint density at radius 3 is 3.12 bits per heavy atom. The highest BCUT2D eigenvalue weighted by atomic mass is 32.2. The quantitative estimate of drug-likeness (QED) is 0.623. The van der Waals surface area contributed by atoms with Crippen molar-refractivity contribution in [3.63, 3.8) is 0 Å². The topological polar surface area (TPSA) is 35.5 Å². The van der Waals surface area contributed by atoms with Crippen molar-refractivity contribution in [1.29, 1.82) is 0 Å². The van der Waals surface area contributed by atoms with Crippen LogP contribution in [0.4, 0.5) is 0 Å². The number of carbonyl (C=O) groups excluding carboxylic acids is 1. The lowest BCUT2D eigenvalue weighted by Gasteiger charge is -2.21. The minimum absolute atomic E-state index is 0.307. The van der Waals surface area contributed by atoms with Gasteiger partial charge in [0.05, 0.1) is 18.1 Å². The van der Waals surface area contributed by atoms with Gasteiger partial charge < -0.3 is 9.47 Å². The van der Waals surface area contributed by atoms with Crippen LogP contribution in [0.15, 0.2) is 21.9 Å². The Hall–Kier alpha value is -0.810.